The second-order valence-corrected chi connectivity index (χ2v) is 31.2. The van der Waals surface area contributed by atoms with Gasteiger partial charge in [-0.3, -0.25) is 4.79 Å². The number of esters is 1. The quantitative estimate of drug-likeness (QED) is 0.0180. The lowest BCUT2D eigenvalue weighted by Crippen LogP contribution is -2.33. The van der Waals surface area contributed by atoms with E-state index in [0.717, 1.165) is 19.3 Å². The first-order chi connectivity index (χ1) is 51.2. The average molecular weight is 1970 g/mol. The molecule has 0 radical (unpaired) electrons. The summed E-state index contributed by atoms with van der Waals surface area (Å²) in [5, 5.41) is -0.00563. The van der Waals surface area contributed by atoms with Crippen LogP contribution in [0, 0.1) is 17.8 Å². The highest BCUT2D eigenvalue weighted by Crippen LogP contribution is 2.24. The summed E-state index contributed by atoms with van der Waals surface area (Å²) in [5.74, 6) is 14.2. The third-order valence-electron chi connectivity index (χ3n) is 12.2. The fourth-order valence-electron chi connectivity index (χ4n) is 7.61. The van der Waals surface area contributed by atoms with Crippen LogP contribution in [0.3, 0.4) is 0 Å². The fourth-order valence-corrected chi connectivity index (χ4v) is 16.6. The molecule has 0 bridgehead atoms. The lowest BCUT2D eigenvalue weighted by atomic mass is 10.1. The highest BCUT2D eigenvalue weighted by Gasteiger charge is 2.22. The Morgan fingerprint density at radius 3 is 0.934 bits per heavy atom. The Bertz CT molecular complexity index is 1750. The first-order valence-corrected chi connectivity index (χ1v) is 42.3. The third-order valence-corrected chi connectivity index (χ3v) is 22.6. The molecule has 764 valence electrons. The molecule has 40 heteroatoms. The molecule has 0 heterocycles. The van der Waals surface area contributed by atoms with E-state index in [9.17, 15) is 41.0 Å². The molecule has 0 spiro atoms. The molecular formula is C82H188F8O24S8. The maximum absolute atomic E-state index is 12.5. The maximum atomic E-state index is 12.5. The lowest BCUT2D eigenvalue weighted by Gasteiger charge is -2.25. The van der Waals surface area contributed by atoms with Gasteiger partial charge in [0.15, 0.2) is 6.10 Å². The van der Waals surface area contributed by atoms with E-state index in [0.29, 0.717) is 160 Å². The molecule has 7 unspecified atom stereocenters. The molecule has 122 heavy (non-hydrogen) atoms. The van der Waals surface area contributed by atoms with Crippen LogP contribution in [0.4, 0.5) is 36.2 Å². The van der Waals surface area contributed by atoms with Crippen molar-refractivity contribution in [1.29, 1.82) is 0 Å². The van der Waals surface area contributed by atoms with E-state index in [-0.39, 0.29) is 279 Å². The van der Waals surface area contributed by atoms with Gasteiger partial charge in [-0.2, -0.15) is 134 Å². The van der Waals surface area contributed by atoms with Crippen LogP contribution in [0.5, 0.6) is 0 Å². The number of halogens is 8. The van der Waals surface area contributed by atoms with Crippen molar-refractivity contribution in [2.24, 2.45) is 5.92 Å². The maximum Gasteiger partial charge on any atom is 0.307 e. The van der Waals surface area contributed by atoms with Crippen LogP contribution in [-0.4, -0.2) is 307 Å². The molecule has 0 fully saturated rings. The molecule has 0 aromatic heterocycles. The average Bonchev–Trinajstić information content (AvgIpc) is 0.955. The summed E-state index contributed by atoms with van der Waals surface area (Å²) in [6, 6.07) is 0. The molecule has 0 aliphatic heterocycles. The first kappa shape index (κ1) is 182. The molecule has 0 saturated heterocycles. The van der Waals surface area contributed by atoms with Gasteiger partial charge in [-0.25, -0.2) is 0 Å². The van der Waals surface area contributed by atoms with Crippen molar-refractivity contribution in [3.8, 4) is 11.8 Å². The predicted molar refractivity (Wildman–Crippen MR) is 520 cm³/mol. The van der Waals surface area contributed by atoms with E-state index in [4.69, 9.17) is 71.3 Å². The Balaban J connectivity index is -0.000000100. The summed E-state index contributed by atoms with van der Waals surface area (Å²) in [5.41, 5.74) is 0. The molecule has 0 aromatic rings. The Kier molecular flexibility index (Phi) is 243. The van der Waals surface area contributed by atoms with Crippen molar-refractivity contribution >= 4 is 127 Å². The van der Waals surface area contributed by atoms with Crippen molar-refractivity contribution in [2.75, 3.05) is 234 Å². The minimum Gasteiger partial charge on any atom is -0.449 e. The minimum atomic E-state index is -0.560. The van der Waals surface area contributed by atoms with Gasteiger partial charge >= 0.3 is 5.97 Å². The van der Waals surface area contributed by atoms with Gasteiger partial charge in [0.1, 0.15) is 72.6 Å². The summed E-state index contributed by atoms with van der Waals surface area (Å²) >= 11 is 13.0. The van der Waals surface area contributed by atoms with Crippen LogP contribution in [0.25, 0.3) is 0 Å². The highest BCUT2D eigenvalue weighted by atomic mass is 32.2. The van der Waals surface area contributed by atoms with Crippen LogP contribution in [-0.2, 0) is 116 Å². The molecule has 7 atom stereocenters. The summed E-state index contributed by atoms with van der Waals surface area (Å²) in [4.78, 5) is 72.7. The Morgan fingerprint density at radius 2 is 0.615 bits per heavy atom. The van der Waals surface area contributed by atoms with Crippen LogP contribution in [0.2, 0.25) is 0 Å². The van der Waals surface area contributed by atoms with Gasteiger partial charge in [-0.15, -0.1) is 0 Å². The summed E-state index contributed by atoms with van der Waals surface area (Å²) in [7, 11) is 0. The van der Waals surface area contributed by atoms with Gasteiger partial charge in [-0.05, 0) is 110 Å². The van der Waals surface area contributed by atoms with Crippen LogP contribution in [0.15, 0.2) is 0 Å². The number of hydrogen-bond acceptors (Lipinski definition) is 32. The number of thioether (sulfide) groups is 8. The van der Waals surface area contributed by atoms with Crippen molar-refractivity contribution in [3.05, 3.63) is 0 Å². The first-order valence-electron chi connectivity index (χ1n) is 33.5. The van der Waals surface area contributed by atoms with Gasteiger partial charge in [-0.1, -0.05) is 166 Å². The number of carbonyl (C=O) groups is 5. The summed E-state index contributed by atoms with van der Waals surface area (Å²) < 4.78 is 163. The number of ether oxygens (including phenoxy) is 11. The van der Waals surface area contributed by atoms with E-state index in [1.165, 1.54) is 12.8 Å². The third kappa shape index (κ3) is 145. The van der Waals surface area contributed by atoms with E-state index in [2.05, 4.69) is 51.4 Å². The Hall–Kier alpha value is -0.770. The number of hydrogen-bond donors (Lipinski definition) is 0. The SMILES string of the molecule is C.C.C.C.C.C.C.C.C.C.C.C.C.C.C.C.C.C.C=O.C=O.C=O.C=O.CC(C)CC(=O)OC1C#CCCCCC1.FOCCCSCC(COCC(COCOCC(COCC(CSCCOCCOF)SCCOCCOF)OCC(CSCCOCCOF)SCCOCCOF)OCC(CSCCCOF)SCCCOF)SCCCOF. The number of carbonyl (C=O) groups excluding carboxylic acids is 5. The van der Waals surface area contributed by atoms with Crippen molar-refractivity contribution in [1.82, 2.24) is 0 Å². The largest absolute Gasteiger partial charge is 0.449 e. The van der Waals surface area contributed by atoms with Gasteiger partial charge < -0.3 is 71.3 Å². The fraction of sp³-hybridized carbons (Fsp3) is 0.915. The molecule has 0 N–H and O–H groups in total. The molecule has 0 aromatic carbocycles. The predicted octanol–water partition coefficient (Wildman–Crippen LogP) is 23.6. The molecule has 0 saturated carbocycles. The Morgan fingerprint density at radius 1 is 0.328 bits per heavy atom. The molecule has 1 aliphatic rings. The topological polar surface area (TPSA) is 261 Å². The minimum absolute atomic E-state index is 0. The molecule has 1 rings (SSSR count). The normalized spacial score (nSPS) is 12.2. The van der Waals surface area contributed by atoms with Crippen molar-refractivity contribution < 1.29 is 152 Å². The second kappa shape index (κ2) is 164. The number of rotatable bonds is 75. The van der Waals surface area contributed by atoms with Crippen LogP contribution in [0.1, 0.15) is 212 Å². The summed E-state index contributed by atoms with van der Waals surface area (Å²) in [6.45, 7) is 14.9. The van der Waals surface area contributed by atoms with Gasteiger partial charge in [0.2, 0.25) is 0 Å². The lowest BCUT2D eigenvalue weighted by molar-refractivity contribution is -0.147. The van der Waals surface area contributed by atoms with E-state index in [1.807, 2.05) is 41.0 Å². The van der Waals surface area contributed by atoms with Crippen LogP contribution >= 0.6 is 94.1 Å². The zero-order valence-electron chi connectivity index (χ0n) is 60.3. The van der Waals surface area contributed by atoms with E-state index < -0.39 is 12.2 Å². The smallest absolute Gasteiger partial charge is 0.307 e. The van der Waals surface area contributed by atoms with Gasteiger partial charge in [0.25, 0.3) is 0 Å². The van der Waals surface area contributed by atoms with Gasteiger partial charge in [0, 0.05) is 79.9 Å². The summed E-state index contributed by atoms with van der Waals surface area (Å²) in [6.07, 6.45) is 6.63. The molecule has 24 nitrogen and oxygen atoms in total. The van der Waals surface area contributed by atoms with E-state index in [1.54, 1.807) is 94.1 Å². The highest BCUT2D eigenvalue weighted by molar-refractivity contribution is 8.04. The molecular weight excluding hydrogens is 1780 g/mol. The van der Waals surface area contributed by atoms with Crippen molar-refractivity contribution in [3.63, 3.8) is 0 Å². The van der Waals surface area contributed by atoms with Crippen LogP contribution < -0.4 is 0 Å². The van der Waals surface area contributed by atoms with Gasteiger partial charge in [0.05, 0.1) is 132 Å². The van der Waals surface area contributed by atoms with Crippen molar-refractivity contribution in [2.45, 2.75) is 251 Å². The Labute approximate surface area is 777 Å². The van der Waals surface area contributed by atoms with E-state index >= 15 is 0 Å². The monoisotopic (exact) mass is 1970 g/mol. The molecule has 0 amide bonds. The second-order valence-electron chi connectivity index (χ2n) is 21.0. The molecule has 1 aliphatic carbocycles. The zero-order chi connectivity index (χ0) is 77.9. The standard InChI is InChI=1S/C47H88F8O18S8.C13H20O2.4CH2O.18CH4/c48-66-5-1-21-74-37-44(78-23-3-7-68-50)33-60-29-42(64-35-46(79-24-4-8-69-51)39-75-22-2-6-67-49)31-62-41-63-32-43(65-36-47(81-28-20-59-12-16-73-55)40-77-26-18-57-10-14-71-53)30-61-34-45(80-27-19-58-11-15-72-54)38-76-25-17-56-9-13-70-52;1-11(2)10-13(14)15-12-8-6-4-3-5-7-9-12;4*1-2;;;;;;;;;;;;;;;;;;/h42-47H,1-41H2;11-12H,3-6,8,10H2,1-2H3;4*1H2;18*1H4. The zero-order valence-corrected chi connectivity index (χ0v) is 66.8.